The highest BCUT2D eigenvalue weighted by atomic mass is 16.6. The predicted octanol–water partition coefficient (Wildman–Crippen LogP) is 2.85. The summed E-state index contributed by atoms with van der Waals surface area (Å²) in [6, 6.07) is 9.53. The quantitative estimate of drug-likeness (QED) is 0.684. The van der Waals surface area contributed by atoms with Crippen molar-refractivity contribution in [2.24, 2.45) is 0 Å². The maximum Gasteiger partial charge on any atom is 0.335 e. The van der Waals surface area contributed by atoms with Crippen LogP contribution in [0, 0.1) is 10.1 Å². The van der Waals surface area contributed by atoms with E-state index in [-0.39, 0.29) is 23.6 Å². The molecule has 3 rings (SSSR count). The van der Waals surface area contributed by atoms with Crippen molar-refractivity contribution < 1.29 is 19.6 Å². The minimum absolute atomic E-state index is 0.00943. The second-order valence-electron chi connectivity index (χ2n) is 4.37. The van der Waals surface area contributed by atoms with E-state index < -0.39 is 10.9 Å². The van der Waals surface area contributed by atoms with Crippen LogP contribution in [0.5, 0.6) is 5.75 Å². The number of fused-ring (bicyclic) bond motifs is 2. The second kappa shape index (κ2) is 4.34. The summed E-state index contributed by atoms with van der Waals surface area (Å²) in [5.41, 5.74) is 2.10. The SMILES string of the molecule is O=C(O)c1ccc(-c2ccc3c([N+](=O)[O-])c2CO3)cc1. The molecule has 0 aliphatic carbocycles. The monoisotopic (exact) mass is 271 g/mol. The van der Waals surface area contributed by atoms with E-state index in [1.54, 1.807) is 24.3 Å². The van der Waals surface area contributed by atoms with Crippen LogP contribution in [0.2, 0.25) is 0 Å². The number of hydrogen-bond donors (Lipinski definition) is 1. The summed E-state index contributed by atoms with van der Waals surface area (Å²) in [7, 11) is 0. The Kier molecular flexibility index (Phi) is 2.64. The first kappa shape index (κ1) is 12.2. The van der Waals surface area contributed by atoms with Crippen LogP contribution in [0.15, 0.2) is 36.4 Å². The third-order valence-corrected chi connectivity index (χ3v) is 3.24. The normalized spacial score (nSPS) is 12.0. The van der Waals surface area contributed by atoms with Crippen molar-refractivity contribution in [1.29, 1.82) is 0 Å². The lowest BCUT2D eigenvalue weighted by molar-refractivity contribution is -0.385. The Morgan fingerprint density at radius 1 is 1.20 bits per heavy atom. The van der Waals surface area contributed by atoms with Gasteiger partial charge >= 0.3 is 11.7 Å². The molecule has 0 radical (unpaired) electrons. The number of nitrogens with zero attached hydrogens (tertiary/aromatic N) is 1. The molecule has 2 aromatic rings. The molecule has 0 atom stereocenters. The lowest BCUT2D eigenvalue weighted by Crippen LogP contribution is -1.96. The molecule has 1 aliphatic rings. The van der Waals surface area contributed by atoms with Crippen molar-refractivity contribution in [3.63, 3.8) is 0 Å². The zero-order valence-electron chi connectivity index (χ0n) is 10.2. The van der Waals surface area contributed by atoms with Crippen LogP contribution in [0.4, 0.5) is 5.69 Å². The Bertz CT molecular complexity index is 721. The van der Waals surface area contributed by atoms with Crippen molar-refractivity contribution in [1.82, 2.24) is 0 Å². The van der Waals surface area contributed by atoms with E-state index in [4.69, 9.17) is 9.84 Å². The van der Waals surface area contributed by atoms with Crippen molar-refractivity contribution in [3.05, 3.63) is 57.6 Å². The third-order valence-electron chi connectivity index (χ3n) is 3.24. The van der Waals surface area contributed by atoms with Gasteiger partial charge in [-0.2, -0.15) is 0 Å². The van der Waals surface area contributed by atoms with E-state index in [1.165, 1.54) is 12.1 Å². The zero-order valence-corrected chi connectivity index (χ0v) is 10.2. The van der Waals surface area contributed by atoms with Gasteiger partial charge in [0.15, 0.2) is 5.75 Å². The predicted molar refractivity (Wildman–Crippen MR) is 69.8 cm³/mol. The number of rotatable bonds is 3. The summed E-state index contributed by atoms with van der Waals surface area (Å²) in [6.07, 6.45) is 0. The van der Waals surface area contributed by atoms with Crippen LogP contribution in [0.25, 0.3) is 11.1 Å². The van der Waals surface area contributed by atoms with Crippen molar-refractivity contribution in [2.75, 3.05) is 0 Å². The Hall–Kier alpha value is -2.89. The third kappa shape index (κ3) is 1.78. The minimum atomic E-state index is -1.01. The first-order valence-electron chi connectivity index (χ1n) is 5.84. The van der Waals surface area contributed by atoms with Crippen molar-refractivity contribution >= 4 is 11.7 Å². The maximum absolute atomic E-state index is 11.1. The van der Waals surface area contributed by atoms with E-state index >= 15 is 0 Å². The Labute approximate surface area is 113 Å². The van der Waals surface area contributed by atoms with Gasteiger partial charge in [-0.25, -0.2) is 4.79 Å². The van der Waals surface area contributed by atoms with Crippen LogP contribution in [-0.4, -0.2) is 16.0 Å². The number of nitro benzene ring substituents is 1. The molecular weight excluding hydrogens is 262 g/mol. The number of carboxylic acid groups (broad SMARTS) is 1. The van der Waals surface area contributed by atoms with Gasteiger partial charge in [0.25, 0.3) is 0 Å². The van der Waals surface area contributed by atoms with Crippen molar-refractivity contribution in [2.45, 2.75) is 6.61 Å². The van der Waals surface area contributed by atoms with Crippen LogP contribution in [-0.2, 0) is 6.61 Å². The molecule has 6 nitrogen and oxygen atoms in total. The Morgan fingerprint density at radius 3 is 2.50 bits per heavy atom. The number of ether oxygens (including phenoxy) is 1. The molecule has 0 amide bonds. The fourth-order valence-corrected chi connectivity index (χ4v) is 2.29. The van der Waals surface area contributed by atoms with Gasteiger partial charge in [0.1, 0.15) is 6.61 Å². The molecular formula is C14H9NO5. The summed E-state index contributed by atoms with van der Waals surface area (Å²) in [6.45, 7) is 0.161. The summed E-state index contributed by atoms with van der Waals surface area (Å²) < 4.78 is 5.26. The highest BCUT2D eigenvalue weighted by molar-refractivity contribution is 5.88. The fourth-order valence-electron chi connectivity index (χ4n) is 2.29. The Balaban J connectivity index is 2.11. The first-order chi connectivity index (χ1) is 9.58. The Morgan fingerprint density at radius 2 is 1.90 bits per heavy atom. The first-order valence-corrected chi connectivity index (χ1v) is 5.84. The number of aromatic carboxylic acids is 1. The largest absolute Gasteiger partial charge is 0.482 e. The number of carboxylic acids is 1. The van der Waals surface area contributed by atoms with E-state index in [2.05, 4.69) is 0 Å². The summed E-state index contributed by atoms with van der Waals surface area (Å²) >= 11 is 0. The van der Waals surface area contributed by atoms with Gasteiger partial charge in [0.2, 0.25) is 0 Å². The topological polar surface area (TPSA) is 89.7 Å². The van der Waals surface area contributed by atoms with Gasteiger partial charge in [-0.1, -0.05) is 12.1 Å². The van der Waals surface area contributed by atoms with Gasteiger partial charge < -0.3 is 9.84 Å². The molecule has 0 aromatic heterocycles. The molecule has 0 fully saturated rings. The van der Waals surface area contributed by atoms with Crippen LogP contribution >= 0.6 is 0 Å². The lowest BCUT2D eigenvalue weighted by Gasteiger charge is -2.04. The second-order valence-corrected chi connectivity index (χ2v) is 4.37. The number of nitro groups is 1. The minimum Gasteiger partial charge on any atom is -0.482 e. The van der Waals surface area contributed by atoms with Crippen LogP contribution in [0.3, 0.4) is 0 Å². The molecule has 2 aromatic carbocycles. The van der Waals surface area contributed by atoms with Gasteiger partial charge in [-0.3, -0.25) is 10.1 Å². The molecule has 2 bridgehead atoms. The highest BCUT2D eigenvalue weighted by Gasteiger charge is 2.30. The fraction of sp³-hybridized carbons (Fsp3) is 0.0714. The van der Waals surface area contributed by atoms with E-state index in [1.807, 2.05) is 0 Å². The molecule has 0 unspecified atom stereocenters. The number of hydrogen-bond acceptors (Lipinski definition) is 4. The van der Waals surface area contributed by atoms with Crippen LogP contribution in [0.1, 0.15) is 15.9 Å². The molecule has 100 valence electrons. The van der Waals surface area contributed by atoms with Gasteiger partial charge in [0, 0.05) is 0 Å². The van der Waals surface area contributed by atoms with E-state index in [0.29, 0.717) is 11.1 Å². The summed E-state index contributed by atoms with van der Waals surface area (Å²) in [5.74, 6) is -0.735. The molecule has 6 heteroatoms. The molecule has 0 saturated heterocycles. The number of benzene rings is 2. The smallest absolute Gasteiger partial charge is 0.335 e. The molecule has 1 heterocycles. The zero-order chi connectivity index (χ0) is 14.3. The van der Waals surface area contributed by atoms with E-state index in [0.717, 1.165) is 5.56 Å². The highest BCUT2D eigenvalue weighted by Crippen LogP contribution is 2.43. The molecule has 20 heavy (non-hydrogen) atoms. The average molecular weight is 271 g/mol. The molecule has 0 saturated carbocycles. The van der Waals surface area contributed by atoms with Gasteiger partial charge in [-0.15, -0.1) is 0 Å². The lowest BCUT2D eigenvalue weighted by atomic mass is 9.98. The van der Waals surface area contributed by atoms with Gasteiger partial charge in [-0.05, 0) is 35.4 Å². The average Bonchev–Trinajstić information content (AvgIpc) is 2.74. The number of carbonyl (C=O) groups is 1. The summed E-state index contributed by atoms with van der Waals surface area (Å²) in [4.78, 5) is 21.4. The van der Waals surface area contributed by atoms with Gasteiger partial charge in [0.05, 0.1) is 16.1 Å². The van der Waals surface area contributed by atoms with Crippen molar-refractivity contribution in [3.8, 4) is 16.9 Å². The van der Waals surface area contributed by atoms with Crippen LogP contribution < -0.4 is 4.74 Å². The maximum atomic E-state index is 11.1. The summed E-state index contributed by atoms with van der Waals surface area (Å²) in [5, 5.41) is 19.9. The molecule has 1 N–H and O–H groups in total. The van der Waals surface area contributed by atoms with E-state index in [9.17, 15) is 14.9 Å². The molecule has 1 aliphatic heterocycles. The molecule has 0 spiro atoms. The standard InChI is InChI=1S/C14H9NO5/c16-14(17)9-3-1-8(2-4-9)10-5-6-12-13(15(18)19)11(10)7-20-12/h1-6H,7H2,(H,16,17).